The molecule has 5 heteroatoms. The molecular formula is C18H25ClN2O2. The predicted molar refractivity (Wildman–Crippen MR) is 92.7 cm³/mol. The van der Waals surface area contributed by atoms with Crippen molar-refractivity contribution in [2.75, 3.05) is 6.61 Å². The molecule has 3 rings (SSSR count). The smallest absolute Gasteiger partial charge is 0.221 e. The van der Waals surface area contributed by atoms with Gasteiger partial charge in [-0.1, -0.05) is 23.7 Å². The largest absolute Gasteiger partial charge is 0.476 e. The van der Waals surface area contributed by atoms with E-state index in [1.807, 2.05) is 29.3 Å². The molecular weight excluding hydrogens is 312 g/mol. The fourth-order valence-corrected chi connectivity index (χ4v) is 3.22. The maximum absolute atomic E-state index is 6.21. The summed E-state index contributed by atoms with van der Waals surface area (Å²) in [6.45, 7) is 13.2. The monoisotopic (exact) mass is 336 g/mol. The molecule has 126 valence electrons. The summed E-state index contributed by atoms with van der Waals surface area (Å²) in [5.41, 5.74) is 0.232. The first kappa shape index (κ1) is 16.7. The second-order valence-corrected chi connectivity index (χ2v) is 8.60. The normalized spacial score (nSPS) is 30.6. The lowest BCUT2D eigenvalue weighted by molar-refractivity contribution is -0.399. The number of halogens is 1. The fraction of sp³-hybridized carbons (Fsp3) is 0.611. The molecule has 0 N–H and O–H groups in total. The molecule has 0 aliphatic carbocycles. The van der Waals surface area contributed by atoms with Crippen LogP contribution in [0.15, 0.2) is 29.3 Å². The van der Waals surface area contributed by atoms with Crippen LogP contribution in [0.1, 0.15) is 53.1 Å². The zero-order valence-electron chi connectivity index (χ0n) is 14.7. The first-order valence-electron chi connectivity index (χ1n) is 8.00. The van der Waals surface area contributed by atoms with Crippen LogP contribution in [0.25, 0.3) is 0 Å². The molecule has 1 aromatic rings. The van der Waals surface area contributed by atoms with Crippen molar-refractivity contribution in [3.05, 3.63) is 34.9 Å². The Morgan fingerprint density at radius 3 is 2.26 bits per heavy atom. The van der Waals surface area contributed by atoms with Crippen molar-refractivity contribution in [3.8, 4) is 0 Å². The highest BCUT2D eigenvalue weighted by molar-refractivity contribution is 6.30. The minimum Gasteiger partial charge on any atom is -0.476 e. The van der Waals surface area contributed by atoms with Crippen molar-refractivity contribution in [3.63, 3.8) is 0 Å². The summed E-state index contributed by atoms with van der Waals surface area (Å²) >= 11 is 6.05. The molecule has 0 spiro atoms. The minimum atomic E-state index is -0.588. The molecule has 0 bridgehead atoms. The van der Waals surface area contributed by atoms with Crippen LogP contribution in [-0.2, 0) is 9.57 Å². The minimum absolute atomic E-state index is 0.0346. The Morgan fingerprint density at radius 1 is 1.17 bits per heavy atom. The number of ether oxygens (including phenoxy) is 1. The maximum Gasteiger partial charge on any atom is 0.221 e. The van der Waals surface area contributed by atoms with Gasteiger partial charge in [0, 0.05) is 10.6 Å². The molecule has 4 nitrogen and oxygen atoms in total. The second-order valence-electron chi connectivity index (χ2n) is 8.17. The average Bonchev–Trinajstić information content (AvgIpc) is 2.78. The van der Waals surface area contributed by atoms with E-state index in [0.717, 1.165) is 10.6 Å². The zero-order chi connectivity index (χ0) is 17.0. The van der Waals surface area contributed by atoms with Gasteiger partial charge in [-0.2, -0.15) is 5.06 Å². The van der Waals surface area contributed by atoms with Gasteiger partial charge < -0.3 is 4.74 Å². The topological polar surface area (TPSA) is 34.1 Å². The van der Waals surface area contributed by atoms with Gasteiger partial charge in [0.05, 0.1) is 5.54 Å². The third kappa shape index (κ3) is 2.88. The van der Waals surface area contributed by atoms with Gasteiger partial charge >= 0.3 is 0 Å². The Labute approximate surface area is 143 Å². The SMILES string of the molecule is CC1(C)COC([C@@]2(C)ON(C(C)(C)C)[C@@H]2c2ccc(Cl)cc2)=N1. The van der Waals surface area contributed by atoms with E-state index in [2.05, 4.69) is 41.5 Å². The van der Waals surface area contributed by atoms with Gasteiger partial charge in [-0.25, -0.2) is 4.99 Å². The van der Waals surface area contributed by atoms with Crippen molar-refractivity contribution in [2.24, 2.45) is 4.99 Å². The molecule has 1 aromatic carbocycles. The van der Waals surface area contributed by atoms with Gasteiger partial charge in [-0.15, -0.1) is 0 Å². The molecule has 0 aromatic heterocycles. The molecule has 23 heavy (non-hydrogen) atoms. The number of aliphatic imine (C=N–C) groups is 1. The summed E-state index contributed by atoms with van der Waals surface area (Å²) in [6.07, 6.45) is 0. The summed E-state index contributed by atoms with van der Waals surface area (Å²) < 4.78 is 5.88. The number of hydrogen-bond acceptors (Lipinski definition) is 4. The van der Waals surface area contributed by atoms with Crippen LogP contribution in [0.4, 0.5) is 0 Å². The average molecular weight is 337 g/mol. The van der Waals surface area contributed by atoms with Gasteiger partial charge in [0.25, 0.3) is 0 Å². The number of rotatable bonds is 2. The molecule has 2 aliphatic heterocycles. The lowest BCUT2D eigenvalue weighted by Gasteiger charge is -2.58. The Hall–Kier alpha value is -1.10. The van der Waals surface area contributed by atoms with Crippen molar-refractivity contribution in [1.29, 1.82) is 0 Å². The van der Waals surface area contributed by atoms with E-state index in [0.29, 0.717) is 12.5 Å². The van der Waals surface area contributed by atoms with E-state index >= 15 is 0 Å². The molecule has 1 fully saturated rings. The fourth-order valence-electron chi connectivity index (χ4n) is 3.10. The highest BCUT2D eigenvalue weighted by Crippen LogP contribution is 2.51. The Morgan fingerprint density at radius 2 is 1.78 bits per heavy atom. The van der Waals surface area contributed by atoms with E-state index < -0.39 is 5.60 Å². The molecule has 0 unspecified atom stereocenters. The number of hydroxylamine groups is 2. The standard InChI is InChI=1S/C18H25ClN2O2/c1-16(2,3)21-14(12-7-9-13(19)10-8-12)18(6,23-21)15-20-17(4,5)11-22-15/h7-10,14H,11H2,1-6H3/t14-,18+/m1/s1. The lowest BCUT2D eigenvalue weighted by atomic mass is 9.83. The van der Waals surface area contributed by atoms with E-state index in [1.165, 1.54) is 0 Å². The Kier molecular flexibility index (Phi) is 3.79. The first-order chi connectivity index (χ1) is 10.5. The number of nitrogens with zero attached hydrogens (tertiary/aromatic N) is 2. The third-order valence-corrected chi connectivity index (χ3v) is 4.53. The number of benzene rings is 1. The van der Waals surface area contributed by atoms with E-state index in [4.69, 9.17) is 26.2 Å². The van der Waals surface area contributed by atoms with Gasteiger partial charge in [0.2, 0.25) is 5.90 Å². The molecule has 2 atom stereocenters. The van der Waals surface area contributed by atoms with Crippen LogP contribution in [0, 0.1) is 0 Å². The van der Waals surface area contributed by atoms with Crippen LogP contribution in [0.3, 0.4) is 0 Å². The summed E-state index contributed by atoms with van der Waals surface area (Å²) in [5, 5.41) is 2.75. The molecule has 0 saturated carbocycles. The molecule has 2 heterocycles. The van der Waals surface area contributed by atoms with Crippen molar-refractivity contribution in [1.82, 2.24) is 5.06 Å². The van der Waals surface area contributed by atoms with Crippen LogP contribution < -0.4 is 0 Å². The Balaban J connectivity index is 1.99. The second kappa shape index (κ2) is 5.20. The van der Waals surface area contributed by atoms with Gasteiger partial charge in [0.15, 0.2) is 5.60 Å². The van der Waals surface area contributed by atoms with Crippen molar-refractivity contribution < 1.29 is 9.57 Å². The van der Waals surface area contributed by atoms with Crippen molar-refractivity contribution in [2.45, 2.75) is 64.3 Å². The Bertz CT molecular complexity index is 633. The molecule has 2 aliphatic rings. The predicted octanol–water partition coefficient (Wildman–Crippen LogP) is 4.39. The van der Waals surface area contributed by atoms with E-state index in [-0.39, 0.29) is 17.1 Å². The summed E-state index contributed by atoms with van der Waals surface area (Å²) in [7, 11) is 0. The summed E-state index contributed by atoms with van der Waals surface area (Å²) in [6, 6.07) is 7.96. The number of hydrogen-bond donors (Lipinski definition) is 0. The van der Waals surface area contributed by atoms with E-state index in [9.17, 15) is 0 Å². The van der Waals surface area contributed by atoms with Crippen LogP contribution in [0.5, 0.6) is 0 Å². The highest BCUT2D eigenvalue weighted by Gasteiger charge is 2.61. The quantitative estimate of drug-likeness (QED) is 0.803. The molecule has 0 amide bonds. The zero-order valence-corrected chi connectivity index (χ0v) is 15.4. The summed E-state index contributed by atoms with van der Waals surface area (Å²) in [4.78, 5) is 11.0. The third-order valence-electron chi connectivity index (χ3n) is 4.28. The van der Waals surface area contributed by atoms with Crippen LogP contribution >= 0.6 is 11.6 Å². The molecule has 1 saturated heterocycles. The lowest BCUT2D eigenvalue weighted by Crippen LogP contribution is -2.68. The van der Waals surface area contributed by atoms with Gasteiger partial charge in [-0.05, 0) is 59.2 Å². The van der Waals surface area contributed by atoms with Crippen LogP contribution in [0.2, 0.25) is 5.02 Å². The van der Waals surface area contributed by atoms with Gasteiger partial charge in [-0.3, -0.25) is 4.84 Å². The van der Waals surface area contributed by atoms with E-state index in [1.54, 1.807) is 0 Å². The summed E-state index contributed by atoms with van der Waals surface area (Å²) in [5.74, 6) is 0.683. The van der Waals surface area contributed by atoms with Crippen LogP contribution in [-0.4, -0.2) is 34.2 Å². The highest BCUT2D eigenvalue weighted by atomic mass is 35.5. The van der Waals surface area contributed by atoms with Gasteiger partial charge in [0.1, 0.15) is 12.6 Å². The first-order valence-corrected chi connectivity index (χ1v) is 8.38. The maximum atomic E-state index is 6.21. The molecule has 0 radical (unpaired) electrons. The van der Waals surface area contributed by atoms with Crippen molar-refractivity contribution >= 4 is 17.5 Å².